The third-order valence-electron chi connectivity index (χ3n) is 6.08. The smallest absolute Gasteiger partial charge is 0.259 e. The number of carbonyl (C=O) groups is 2. The molecule has 1 atom stereocenters. The summed E-state index contributed by atoms with van der Waals surface area (Å²) in [6.45, 7) is 3.14. The number of aryl methyl sites for hydroxylation is 1. The van der Waals surface area contributed by atoms with Crippen LogP contribution >= 0.6 is 0 Å². The Morgan fingerprint density at radius 1 is 1.18 bits per heavy atom. The lowest BCUT2D eigenvalue weighted by Gasteiger charge is -2.32. The zero-order valence-corrected chi connectivity index (χ0v) is 18.7. The molecular weight excluding hydrogens is 432 g/mol. The van der Waals surface area contributed by atoms with Gasteiger partial charge >= 0.3 is 0 Å². The summed E-state index contributed by atoms with van der Waals surface area (Å²) in [6.07, 6.45) is 3.29. The summed E-state index contributed by atoms with van der Waals surface area (Å²) in [5.74, 6) is -0.0144. The largest absolute Gasteiger partial charge is 0.369 e. The first-order valence-corrected chi connectivity index (χ1v) is 11.1. The molecule has 34 heavy (non-hydrogen) atoms. The summed E-state index contributed by atoms with van der Waals surface area (Å²) in [4.78, 5) is 35.9. The second-order valence-electron chi connectivity index (χ2n) is 8.42. The molecule has 3 N–H and O–H groups in total. The third kappa shape index (κ3) is 4.19. The summed E-state index contributed by atoms with van der Waals surface area (Å²) in [5, 5.41) is 7.48. The molecule has 5 rings (SSSR count). The fourth-order valence-electron chi connectivity index (χ4n) is 4.29. The Hall–Kier alpha value is -4.27. The number of benzene rings is 1. The number of hydrogen-bond donors (Lipinski definition) is 2. The fraction of sp³-hybridized carbons (Fsp3) is 0.240. The molecule has 0 spiro atoms. The van der Waals surface area contributed by atoms with E-state index in [0.717, 1.165) is 30.8 Å². The number of anilines is 2. The van der Waals surface area contributed by atoms with E-state index in [1.54, 1.807) is 25.3 Å². The molecular formula is C25H24N6O3. The summed E-state index contributed by atoms with van der Waals surface area (Å²) in [6, 6.07) is 15.0. The number of amides is 2. The normalized spacial score (nSPS) is 15.9. The number of fused-ring (bicyclic) bond motifs is 1. The molecule has 1 aromatic carbocycles. The van der Waals surface area contributed by atoms with Crippen LogP contribution in [0.3, 0.4) is 0 Å². The molecule has 0 bridgehead atoms. The van der Waals surface area contributed by atoms with Crippen LogP contribution in [-0.2, 0) is 4.79 Å². The van der Waals surface area contributed by atoms with Gasteiger partial charge in [-0.05, 0) is 38.0 Å². The van der Waals surface area contributed by atoms with E-state index in [4.69, 9.17) is 10.3 Å². The van der Waals surface area contributed by atoms with Crippen molar-refractivity contribution in [2.75, 3.05) is 23.3 Å². The number of nitrogens with zero attached hydrogens (tertiary/aromatic N) is 4. The molecule has 1 fully saturated rings. The predicted molar refractivity (Wildman–Crippen MR) is 128 cm³/mol. The van der Waals surface area contributed by atoms with E-state index in [0.29, 0.717) is 40.3 Å². The van der Waals surface area contributed by atoms with E-state index in [1.165, 1.54) is 0 Å². The first-order chi connectivity index (χ1) is 16.5. The van der Waals surface area contributed by atoms with Crippen LogP contribution in [-0.4, -0.2) is 40.0 Å². The third-order valence-corrected chi connectivity index (χ3v) is 6.08. The molecule has 9 heteroatoms. The number of hydrogen-bond acceptors (Lipinski definition) is 7. The summed E-state index contributed by atoms with van der Waals surface area (Å²) >= 11 is 0. The van der Waals surface area contributed by atoms with Gasteiger partial charge in [0.25, 0.3) is 11.6 Å². The Morgan fingerprint density at radius 3 is 2.74 bits per heavy atom. The Kier molecular flexibility index (Phi) is 5.67. The van der Waals surface area contributed by atoms with Crippen molar-refractivity contribution in [3.8, 4) is 11.3 Å². The zero-order valence-electron chi connectivity index (χ0n) is 18.7. The number of pyridine rings is 2. The summed E-state index contributed by atoms with van der Waals surface area (Å²) in [7, 11) is 0. The molecule has 0 radical (unpaired) electrons. The maximum Gasteiger partial charge on any atom is 0.259 e. The van der Waals surface area contributed by atoms with E-state index in [9.17, 15) is 9.59 Å². The van der Waals surface area contributed by atoms with Crippen molar-refractivity contribution in [2.45, 2.75) is 19.8 Å². The van der Waals surface area contributed by atoms with Gasteiger partial charge in [-0.2, -0.15) is 0 Å². The van der Waals surface area contributed by atoms with E-state index in [1.807, 2.05) is 41.3 Å². The topological polar surface area (TPSA) is 127 Å². The number of primary amides is 1. The molecule has 4 heterocycles. The highest BCUT2D eigenvalue weighted by Crippen LogP contribution is 2.28. The average Bonchev–Trinajstić information content (AvgIpc) is 3.25. The van der Waals surface area contributed by atoms with Gasteiger partial charge in [0, 0.05) is 18.7 Å². The fourth-order valence-corrected chi connectivity index (χ4v) is 4.29. The minimum atomic E-state index is -0.308. The molecule has 0 saturated carbocycles. The van der Waals surface area contributed by atoms with Gasteiger partial charge in [-0.25, -0.2) is 9.97 Å². The number of nitrogens with two attached hydrogens (primary N) is 1. The Balaban J connectivity index is 1.39. The van der Waals surface area contributed by atoms with Crippen LogP contribution in [0.4, 0.5) is 11.5 Å². The number of carbonyl (C=O) groups excluding carboxylic acids is 2. The van der Waals surface area contributed by atoms with Gasteiger partial charge in [0.15, 0.2) is 0 Å². The van der Waals surface area contributed by atoms with Crippen LogP contribution in [0, 0.1) is 12.8 Å². The number of nitrogens with one attached hydrogen (secondary N) is 1. The number of rotatable bonds is 5. The van der Waals surface area contributed by atoms with Gasteiger partial charge in [-0.15, -0.1) is 0 Å². The SMILES string of the molecule is Cc1noc2nc(-c3ccccc3)cc(C(=O)Nc3ccc(N4CCCC(C(N)=O)C4)nc3)c12. The molecule has 172 valence electrons. The van der Waals surface area contributed by atoms with Crippen LogP contribution in [0.2, 0.25) is 0 Å². The molecule has 4 aromatic rings. The maximum atomic E-state index is 13.3. The van der Waals surface area contributed by atoms with Crippen molar-refractivity contribution in [3.05, 3.63) is 66.0 Å². The molecule has 1 unspecified atom stereocenters. The monoisotopic (exact) mass is 456 g/mol. The quantitative estimate of drug-likeness (QED) is 0.470. The molecule has 0 aliphatic carbocycles. The Labute approximate surface area is 196 Å². The van der Waals surface area contributed by atoms with Crippen LogP contribution in [0.1, 0.15) is 28.9 Å². The highest BCUT2D eigenvalue weighted by molar-refractivity contribution is 6.13. The lowest BCUT2D eigenvalue weighted by Crippen LogP contribution is -2.41. The van der Waals surface area contributed by atoms with Crippen molar-refractivity contribution < 1.29 is 14.1 Å². The molecule has 1 saturated heterocycles. The van der Waals surface area contributed by atoms with Gasteiger partial charge in [-0.1, -0.05) is 35.5 Å². The van der Waals surface area contributed by atoms with Crippen molar-refractivity contribution in [3.63, 3.8) is 0 Å². The van der Waals surface area contributed by atoms with Crippen molar-refractivity contribution in [2.24, 2.45) is 11.7 Å². The van der Waals surface area contributed by atoms with Crippen LogP contribution in [0.15, 0.2) is 59.3 Å². The second kappa shape index (κ2) is 8.93. The number of piperidine rings is 1. The van der Waals surface area contributed by atoms with Gasteiger partial charge in [0.1, 0.15) is 5.82 Å². The van der Waals surface area contributed by atoms with E-state index >= 15 is 0 Å². The molecule has 9 nitrogen and oxygen atoms in total. The highest BCUT2D eigenvalue weighted by atomic mass is 16.5. The summed E-state index contributed by atoms with van der Waals surface area (Å²) in [5.41, 5.74) is 8.86. The lowest BCUT2D eigenvalue weighted by molar-refractivity contribution is -0.122. The number of aromatic nitrogens is 3. The molecule has 1 aliphatic rings. The van der Waals surface area contributed by atoms with Crippen molar-refractivity contribution >= 4 is 34.4 Å². The van der Waals surface area contributed by atoms with E-state index in [-0.39, 0.29) is 17.7 Å². The van der Waals surface area contributed by atoms with Gasteiger partial charge < -0.3 is 20.5 Å². The van der Waals surface area contributed by atoms with Crippen molar-refractivity contribution in [1.82, 2.24) is 15.1 Å². The van der Waals surface area contributed by atoms with Gasteiger partial charge in [0.05, 0.1) is 40.1 Å². The lowest BCUT2D eigenvalue weighted by atomic mass is 9.97. The predicted octanol–water partition coefficient (Wildman–Crippen LogP) is 3.55. The van der Waals surface area contributed by atoms with Crippen LogP contribution < -0.4 is 16.0 Å². The summed E-state index contributed by atoms with van der Waals surface area (Å²) < 4.78 is 5.37. The average molecular weight is 457 g/mol. The first kappa shape index (κ1) is 21.6. The Bertz CT molecular complexity index is 1350. The van der Waals surface area contributed by atoms with E-state index < -0.39 is 0 Å². The highest BCUT2D eigenvalue weighted by Gasteiger charge is 2.25. The van der Waals surface area contributed by atoms with Crippen LogP contribution in [0.5, 0.6) is 0 Å². The minimum Gasteiger partial charge on any atom is -0.369 e. The minimum absolute atomic E-state index is 0.172. The van der Waals surface area contributed by atoms with Crippen LogP contribution in [0.25, 0.3) is 22.4 Å². The van der Waals surface area contributed by atoms with E-state index in [2.05, 4.69) is 20.4 Å². The first-order valence-electron chi connectivity index (χ1n) is 11.1. The molecule has 3 aromatic heterocycles. The standard InChI is InChI=1S/C25H24N6O3/c1-15-22-19(12-20(29-25(22)34-30-15)16-6-3-2-4-7-16)24(33)28-18-9-10-21(27-13-18)31-11-5-8-17(14-31)23(26)32/h2-4,6-7,9-10,12-13,17H,5,8,11,14H2,1H3,(H2,26,32)(H,28,33). The van der Waals surface area contributed by atoms with Gasteiger partial charge in [0.2, 0.25) is 5.91 Å². The zero-order chi connectivity index (χ0) is 23.7. The second-order valence-corrected chi connectivity index (χ2v) is 8.42. The van der Waals surface area contributed by atoms with Gasteiger partial charge in [-0.3, -0.25) is 9.59 Å². The Morgan fingerprint density at radius 2 is 2.00 bits per heavy atom. The van der Waals surface area contributed by atoms with Crippen molar-refractivity contribution in [1.29, 1.82) is 0 Å². The molecule has 1 aliphatic heterocycles. The maximum absolute atomic E-state index is 13.3. The molecule has 2 amide bonds.